The molecule has 1 atom stereocenters. The molecule has 1 saturated carbocycles. The van der Waals surface area contributed by atoms with Crippen molar-refractivity contribution in [2.75, 3.05) is 0 Å². The highest BCUT2D eigenvalue weighted by molar-refractivity contribution is 8.01. The minimum absolute atomic E-state index is 0.492. The van der Waals surface area contributed by atoms with Gasteiger partial charge in [0.25, 0.3) is 0 Å². The molecule has 0 spiro atoms. The van der Waals surface area contributed by atoms with Gasteiger partial charge >= 0.3 is 0 Å². The summed E-state index contributed by atoms with van der Waals surface area (Å²) >= 11 is 3.41. The van der Waals surface area contributed by atoms with E-state index >= 15 is 0 Å². The fourth-order valence-electron chi connectivity index (χ4n) is 1.95. The van der Waals surface area contributed by atoms with Crippen molar-refractivity contribution < 1.29 is 0 Å². The molecule has 1 aromatic heterocycles. The zero-order valence-electron chi connectivity index (χ0n) is 10.4. The summed E-state index contributed by atoms with van der Waals surface area (Å²) in [7, 11) is 0. The Morgan fingerprint density at radius 2 is 2.11 bits per heavy atom. The van der Waals surface area contributed by atoms with Crippen LogP contribution in [0.25, 0.3) is 0 Å². The van der Waals surface area contributed by atoms with Crippen molar-refractivity contribution in [2.24, 2.45) is 0 Å². The van der Waals surface area contributed by atoms with E-state index in [0.717, 1.165) is 16.6 Å². The van der Waals surface area contributed by atoms with Gasteiger partial charge in [-0.15, -0.1) is 0 Å². The molecule has 0 saturated heterocycles. The molecule has 1 heterocycles. The van der Waals surface area contributed by atoms with Crippen LogP contribution in [0.1, 0.15) is 48.7 Å². The van der Waals surface area contributed by atoms with Crippen LogP contribution in [-0.4, -0.2) is 9.36 Å². The summed E-state index contributed by atoms with van der Waals surface area (Å²) < 4.78 is 5.59. The van der Waals surface area contributed by atoms with E-state index in [9.17, 15) is 0 Å². The number of rotatable bonds is 5. The van der Waals surface area contributed by atoms with Crippen LogP contribution >= 0.6 is 23.3 Å². The zero-order chi connectivity index (χ0) is 12.4. The molecule has 2 nitrogen and oxygen atoms in total. The van der Waals surface area contributed by atoms with Crippen LogP contribution in [0, 0.1) is 0 Å². The molecule has 0 radical (unpaired) electrons. The minimum Gasteiger partial charge on any atom is -0.213 e. The Bertz CT molecular complexity index is 506. The van der Waals surface area contributed by atoms with E-state index in [-0.39, 0.29) is 0 Å². The van der Waals surface area contributed by atoms with E-state index in [1.165, 1.54) is 18.4 Å². The monoisotopic (exact) mass is 276 g/mol. The van der Waals surface area contributed by atoms with Crippen molar-refractivity contribution in [3.8, 4) is 0 Å². The SMILES string of the molecule is CCC(Sc1nc(C2CC2)ns1)c1ccccc1. The van der Waals surface area contributed by atoms with Crippen molar-refractivity contribution in [3.05, 3.63) is 41.7 Å². The van der Waals surface area contributed by atoms with E-state index in [0.29, 0.717) is 11.2 Å². The largest absolute Gasteiger partial charge is 0.213 e. The Morgan fingerprint density at radius 3 is 2.78 bits per heavy atom. The molecule has 94 valence electrons. The molecule has 0 bridgehead atoms. The van der Waals surface area contributed by atoms with E-state index in [1.807, 2.05) is 11.8 Å². The summed E-state index contributed by atoms with van der Waals surface area (Å²) in [6.45, 7) is 2.23. The molecule has 1 aliphatic rings. The van der Waals surface area contributed by atoms with Gasteiger partial charge in [0, 0.05) is 11.2 Å². The normalized spacial score (nSPS) is 16.7. The third kappa shape index (κ3) is 2.75. The van der Waals surface area contributed by atoms with Gasteiger partial charge in [0.15, 0.2) is 4.34 Å². The third-order valence-electron chi connectivity index (χ3n) is 3.15. The smallest absolute Gasteiger partial charge is 0.170 e. The van der Waals surface area contributed by atoms with Crippen molar-refractivity contribution in [3.63, 3.8) is 0 Å². The molecule has 1 aromatic carbocycles. The lowest BCUT2D eigenvalue weighted by atomic mass is 10.1. The second-order valence-corrected chi connectivity index (χ2v) is 6.82. The summed E-state index contributed by atoms with van der Waals surface area (Å²) in [5.74, 6) is 1.73. The standard InChI is InChI=1S/C14H16N2S2/c1-2-12(10-6-4-3-5-7-10)17-14-15-13(16-18-14)11-8-9-11/h3-7,11-12H,2,8-9H2,1H3. The van der Waals surface area contributed by atoms with Gasteiger partial charge in [-0.05, 0) is 36.4 Å². The van der Waals surface area contributed by atoms with E-state index < -0.39 is 0 Å². The average Bonchev–Trinajstić information content (AvgIpc) is 3.17. The highest BCUT2D eigenvalue weighted by Crippen LogP contribution is 2.42. The maximum atomic E-state index is 4.66. The van der Waals surface area contributed by atoms with Gasteiger partial charge in [-0.25, -0.2) is 4.98 Å². The molecule has 0 N–H and O–H groups in total. The summed E-state index contributed by atoms with van der Waals surface area (Å²) in [6.07, 6.45) is 3.67. The van der Waals surface area contributed by atoms with Crippen molar-refractivity contribution in [1.29, 1.82) is 0 Å². The maximum Gasteiger partial charge on any atom is 0.170 e. The molecule has 3 rings (SSSR count). The highest BCUT2D eigenvalue weighted by Gasteiger charge is 2.28. The second-order valence-electron chi connectivity index (χ2n) is 4.62. The van der Waals surface area contributed by atoms with Crippen molar-refractivity contribution in [1.82, 2.24) is 9.36 Å². The number of nitrogens with zero attached hydrogens (tertiary/aromatic N) is 2. The molecule has 1 aliphatic carbocycles. The van der Waals surface area contributed by atoms with Crippen LogP contribution in [0.5, 0.6) is 0 Å². The number of aromatic nitrogens is 2. The first-order chi connectivity index (χ1) is 8.86. The van der Waals surface area contributed by atoms with Crippen molar-refractivity contribution >= 4 is 23.3 Å². The highest BCUT2D eigenvalue weighted by atomic mass is 32.2. The van der Waals surface area contributed by atoms with E-state index in [2.05, 4.69) is 46.6 Å². The predicted octanol–water partition coefficient (Wildman–Crippen LogP) is 4.66. The second kappa shape index (κ2) is 5.41. The Hall–Kier alpha value is -0.870. The zero-order valence-corrected chi connectivity index (χ0v) is 12.0. The first kappa shape index (κ1) is 12.2. The third-order valence-corrected chi connectivity index (χ3v) is 5.37. The molecular formula is C14H16N2S2. The lowest BCUT2D eigenvalue weighted by molar-refractivity contribution is 0.890. The molecule has 1 unspecified atom stereocenters. The Kier molecular flexibility index (Phi) is 3.66. The Morgan fingerprint density at radius 1 is 1.33 bits per heavy atom. The van der Waals surface area contributed by atoms with Crippen LogP contribution in [0.2, 0.25) is 0 Å². The summed E-state index contributed by atoms with van der Waals surface area (Å²) in [4.78, 5) is 4.66. The molecule has 1 fully saturated rings. The molecule has 2 aromatic rings. The van der Waals surface area contributed by atoms with Gasteiger partial charge in [-0.3, -0.25) is 0 Å². The van der Waals surface area contributed by atoms with Crippen LogP contribution in [0.3, 0.4) is 0 Å². The lowest BCUT2D eigenvalue weighted by Crippen LogP contribution is -1.91. The van der Waals surface area contributed by atoms with Gasteiger partial charge in [-0.1, -0.05) is 49.0 Å². The Labute approximate surface area is 116 Å². The minimum atomic E-state index is 0.492. The van der Waals surface area contributed by atoms with Crippen LogP contribution in [0.15, 0.2) is 34.7 Å². The summed E-state index contributed by atoms with van der Waals surface area (Å²) in [5.41, 5.74) is 1.38. The van der Waals surface area contributed by atoms with Gasteiger partial charge in [0.1, 0.15) is 5.82 Å². The summed E-state index contributed by atoms with van der Waals surface area (Å²) in [6, 6.07) is 10.7. The molecule has 0 amide bonds. The molecular weight excluding hydrogens is 260 g/mol. The molecule has 0 aliphatic heterocycles. The topological polar surface area (TPSA) is 25.8 Å². The quantitative estimate of drug-likeness (QED) is 0.743. The Balaban J connectivity index is 1.72. The van der Waals surface area contributed by atoms with Crippen LogP contribution in [0.4, 0.5) is 0 Å². The van der Waals surface area contributed by atoms with Gasteiger partial charge < -0.3 is 0 Å². The maximum absolute atomic E-state index is 4.66. The van der Waals surface area contributed by atoms with E-state index in [1.54, 1.807) is 11.5 Å². The fourth-order valence-corrected chi connectivity index (χ4v) is 3.93. The van der Waals surface area contributed by atoms with E-state index in [4.69, 9.17) is 0 Å². The van der Waals surface area contributed by atoms with Crippen molar-refractivity contribution in [2.45, 2.75) is 41.7 Å². The van der Waals surface area contributed by atoms with Crippen LogP contribution < -0.4 is 0 Å². The number of thioether (sulfide) groups is 1. The van der Waals surface area contributed by atoms with Gasteiger partial charge in [0.2, 0.25) is 0 Å². The first-order valence-corrected chi connectivity index (χ1v) is 8.07. The first-order valence-electron chi connectivity index (χ1n) is 6.42. The van der Waals surface area contributed by atoms with Crippen LogP contribution in [-0.2, 0) is 0 Å². The fraction of sp³-hybridized carbons (Fsp3) is 0.429. The number of benzene rings is 1. The molecule has 18 heavy (non-hydrogen) atoms. The summed E-state index contributed by atoms with van der Waals surface area (Å²) in [5, 5.41) is 0.492. The number of hydrogen-bond acceptors (Lipinski definition) is 4. The average molecular weight is 276 g/mol. The lowest BCUT2D eigenvalue weighted by Gasteiger charge is -2.12. The predicted molar refractivity (Wildman–Crippen MR) is 77.2 cm³/mol. The van der Waals surface area contributed by atoms with Gasteiger partial charge in [-0.2, -0.15) is 4.37 Å². The van der Waals surface area contributed by atoms with Gasteiger partial charge in [0.05, 0.1) is 0 Å². The number of hydrogen-bond donors (Lipinski definition) is 0. The molecule has 4 heteroatoms.